The molecule has 1 aliphatic heterocycles. The molecule has 2 amide bonds. The van der Waals surface area contributed by atoms with Crippen molar-refractivity contribution in [2.75, 3.05) is 18.4 Å². The Balaban J connectivity index is 1.30. The lowest BCUT2D eigenvalue weighted by Gasteiger charge is -2.36. The smallest absolute Gasteiger partial charge is 0.230 e. The van der Waals surface area contributed by atoms with Crippen LogP contribution in [0.4, 0.5) is 5.82 Å². The minimum Gasteiger partial charge on any atom is -0.342 e. The molecular formula is C26H28N4O2S. The van der Waals surface area contributed by atoms with Gasteiger partial charge in [-0.2, -0.15) is 0 Å². The normalized spacial score (nSPS) is 22.9. The summed E-state index contributed by atoms with van der Waals surface area (Å²) in [5.41, 5.74) is 1.86. The summed E-state index contributed by atoms with van der Waals surface area (Å²) < 4.78 is 1.16. The molecule has 170 valence electrons. The maximum absolute atomic E-state index is 13.6. The number of fused-ring (bicyclic) bond motifs is 1. The van der Waals surface area contributed by atoms with Crippen molar-refractivity contribution in [2.24, 2.45) is 11.8 Å². The SMILES string of the molecule is Cc1cccc(NC(=O)C2CCCN(C(=O)C3CC=CCC3c3nc4ccccc4s3)C2)n1. The zero-order chi connectivity index (χ0) is 22.8. The molecule has 3 heterocycles. The van der Waals surface area contributed by atoms with E-state index in [1.165, 1.54) is 0 Å². The molecule has 1 saturated heterocycles. The van der Waals surface area contributed by atoms with E-state index in [0.717, 1.165) is 46.6 Å². The molecule has 33 heavy (non-hydrogen) atoms. The van der Waals surface area contributed by atoms with Gasteiger partial charge in [0.2, 0.25) is 11.8 Å². The van der Waals surface area contributed by atoms with Crippen molar-refractivity contribution in [3.05, 3.63) is 65.3 Å². The van der Waals surface area contributed by atoms with E-state index in [1.807, 2.05) is 42.2 Å². The van der Waals surface area contributed by atoms with Crippen molar-refractivity contribution in [1.29, 1.82) is 0 Å². The van der Waals surface area contributed by atoms with Crippen LogP contribution in [0, 0.1) is 18.8 Å². The highest BCUT2D eigenvalue weighted by atomic mass is 32.1. The first kappa shape index (κ1) is 21.8. The fourth-order valence-electron chi connectivity index (χ4n) is 4.88. The number of para-hydroxylation sites is 1. The summed E-state index contributed by atoms with van der Waals surface area (Å²) in [5.74, 6) is 0.398. The number of pyridine rings is 1. The average Bonchev–Trinajstić information content (AvgIpc) is 3.28. The van der Waals surface area contributed by atoms with Crippen molar-refractivity contribution >= 4 is 39.2 Å². The van der Waals surface area contributed by atoms with Crippen molar-refractivity contribution < 1.29 is 9.59 Å². The predicted octanol–water partition coefficient (Wildman–Crippen LogP) is 4.93. The Morgan fingerprint density at radius 3 is 2.76 bits per heavy atom. The first-order valence-corrected chi connectivity index (χ1v) is 12.4. The lowest BCUT2D eigenvalue weighted by atomic mass is 9.81. The van der Waals surface area contributed by atoms with Gasteiger partial charge in [0.1, 0.15) is 5.82 Å². The summed E-state index contributed by atoms with van der Waals surface area (Å²) in [6.45, 7) is 3.07. The molecule has 1 aliphatic carbocycles. The zero-order valence-corrected chi connectivity index (χ0v) is 19.6. The van der Waals surface area contributed by atoms with Crippen LogP contribution in [-0.4, -0.2) is 39.8 Å². The number of amides is 2. The van der Waals surface area contributed by atoms with Crippen LogP contribution in [0.2, 0.25) is 0 Å². The molecule has 0 bridgehead atoms. The van der Waals surface area contributed by atoms with E-state index in [1.54, 1.807) is 17.4 Å². The Hall–Kier alpha value is -3.06. The molecule has 2 aliphatic rings. The molecule has 1 aromatic carbocycles. The Kier molecular flexibility index (Phi) is 6.22. The summed E-state index contributed by atoms with van der Waals surface area (Å²) in [4.78, 5) is 37.7. The van der Waals surface area contributed by atoms with E-state index in [9.17, 15) is 9.59 Å². The molecule has 0 spiro atoms. The molecule has 0 radical (unpaired) electrons. The molecule has 3 unspecified atom stereocenters. The number of nitrogens with one attached hydrogen (secondary N) is 1. The monoisotopic (exact) mass is 460 g/mol. The molecule has 6 nitrogen and oxygen atoms in total. The van der Waals surface area contributed by atoms with Crippen LogP contribution in [0.15, 0.2) is 54.6 Å². The first-order valence-electron chi connectivity index (χ1n) is 11.6. The van der Waals surface area contributed by atoms with Crippen LogP contribution in [0.25, 0.3) is 10.2 Å². The van der Waals surface area contributed by atoms with Crippen LogP contribution < -0.4 is 5.32 Å². The number of thiazole rings is 1. The molecule has 0 saturated carbocycles. The van der Waals surface area contributed by atoms with Crippen molar-refractivity contribution in [3.63, 3.8) is 0 Å². The van der Waals surface area contributed by atoms with Gasteiger partial charge in [0.15, 0.2) is 0 Å². The number of anilines is 1. The number of allylic oxidation sites excluding steroid dienone is 2. The Morgan fingerprint density at radius 2 is 1.91 bits per heavy atom. The van der Waals surface area contributed by atoms with Gasteiger partial charge in [-0.25, -0.2) is 9.97 Å². The van der Waals surface area contributed by atoms with Gasteiger partial charge in [0, 0.05) is 24.7 Å². The predicted molar refractivity (Wildman–Crippen MR) is 131 cm³/mol. The minimum absolute atomic E-state index is 0.0585. The summed E-state index contributed by atoms with van der Waals surface area (Å²) >= 11 is 1.69. The molecular weight excluding hydrogens is 432 g/mol. The molecule has 2 aromatic heterocycles. The number of hydrogen-bond acceptors (Lipinski definition) is 5. The van der Waals surface area contributed by atoms with Crippen LogP contribution in [-0.2, 0) is 9.59 Å². The number of piperidine rings is 1. The van der Waals surface area contributed by atoms with Crippen LogP contribution >= 0.6 is 11.3 Å². The highest BCUT2D eigenvalue weighted by Gasteiger charge is 2.37. The molecule has 5 rings (SSSR count). The average molecular weight is 461 g/mol. The number of aryl methyl sites for hydroxylation is 1. The highest BCUT2D eigenvalue weighted by molar-refractivity contribution is 7.18. The van der Waals surface area contributed by atoms with Gasteiger partial charge in [-0.05, 0) is 56.9 Å². The van der Waals surface area contributed by atoms with Gasteiger partial charge >= 0.3 is 0 Å². The van der Waals surface area contributed by atoms with E-state index < -0.39 is 0 Å². The third-order valence-corrected chi connectivity index (χ3v) is 7.79. The van der Waals surface area contributed by atoms with Crippen LogP contribution in [0.3, 0.4) is 0 Å². The second-order valence-electron chi connectivity index (χ2n) is 8.95. The Morgan fingerprint density at radius 1 is 1.06 bits per heavy atom. The van der Waals surface area contributed by atoms with Crippen LogP contribution in [0.1, 0.15) is 42.3 Å². The van der Waals surface area contributed by atoms with E-state index >= 15 is 0 Å². The lowest BCUT2D eigenvalue weighted by Crippen LogP contribution is -2.47. The standard InChI is InChI=1S/C26H28N4O2S/c1-17-8-6-14-23(27-17)29-24(31)18-9-7-15-30(16-18)26(32)20-11-3-2-10-19(20)25-28-21-12-4-5-13-22(21)33-25/h2-6,8,12-14,18-20H,7,9-11,15-16H2,1H3,(H,27,29,31). The number of hydrogen-bond donors (Lipinski definition) is 1. The van der Waals surface area contributed by atoms with E-state index in [-0.39, 0.29) is 29.6 Å². The third-order valence-electron chi connectivity index (χ3n) is 6.62. The van der Waals surface area contributed by atoms with Gasteiger partial charge in [-0.1, -0.05) is 30.4 Å². The van der Waals surface area contributed by atoms with Crippen molar-refractivity contribution in [1.82, 2.24) is 14.9 Å². The lowest BCUT2D eigenvalue weighted by molar-refractivity contribution is -0.139. The quantitative estimate of drug-likeness (QED) is 0.561. The minimum atomic E-state index is -0.218. The Labute approximate surface area is 197 Å². The van der Waals surface area contributed by atoms with Gasteiger partial charge in [-0.15, -0.1) is 11.3 Å². The number of likely N-dealkylation sites (tertiary alicyclic amines) is 1. The van der Waals surface area contributed by atoms with Gasteiger partial charge < -0.3 is 10.2 Å². The van der Waals surface area contributed by atoms with E-state index in [4.69, 9.17) is 4.98 Å². The molecule has 3 aromatic rings. The van der Waals surface area contributed by atoms with Crippen LogP contribution in [0.5, 0.6) is 0 Å². The summed E-state index contributed by atoms with van der Waals surface area (Å²) in [7, 11) is 0. The second kappa shape index (κ2) is 9.43. The Bertz CT molecular complexity index is 1170. The maximum atomic E-state index is 13.6. The molecule has 3 atom stereocenters. The number of aromatic nitrogens is 2. The maximum Gasteiger partial charge on any atom is 0.230 e. The number of carbonyl (C=O) groups excluding carboxylic acids is 2. The zero-order valence-electron chi connectivity index (χ0n) is 18.7. The first-order chi connectivity index (χ1) is 16.1. The van der Waals surface area contributed by atoms with Gasteiger partial charge in [0.05, 0.1) is 27.1 Å². The van der Waals surface area contributed by atoms with Gasteiger partial charge in [-0.3, -0.25) is 9.59 Å². The van der Waals surface area contributed by atoms with E-state index in [2.05, 4.69) is 28.5 Å². The summed E-state index contributed by atoms with van der Waals surface area (Å²) in [6, 6.07) is 13.7. The fourth-order valence-corrected chi connectivity index (χ4v) is 6.02. The molecule has 7 heteroatoms. The number of nitrogens with zero attached hydrogens (tertiary/aromatic N) is 3. The van der Waals surface area contributed by atoms with Crippen molar-refractivity contribution in [3.8, 4) is 0 Å². The number of rotatable bonds is 4. The molecule has 1 fully saturated rings. The highest BCUT2D eigenvalue weighted by Crippen LogP contribution is 2.39. The third kappa shape index (κ3) is 4.69. The van der Waals surface area contributed by atoms with Crippen molar-refractivity contribution in [2.45, 2.75) is 38.5 Å². The topological polar surface area (TPSA) is 75.2 Å². The summed E-state index contributed by atoms with van der Waals surface area (Å²) in [5, 5.41) is 3.97. The number of carbonyl (C=O) groups is 2. The number of benzene rings is 1. The van der Waals surface area contributed by atoms with Gasteiger partial charge in [0.25, 0.3) is 0 Å². The second-order valence-corrected chi connectivity index (χ2v) is 10.0. The van der Waals surface area contributed by atoms with E-state index in [0.29, 0.717) is 18.9 Å². The molecule has 1 N–H and O–H groups in total. The largest absolute Gasteiger partial charge is 0.342 e. The fraction of sp³-hybridized carbons (Fsp3) is 0.385. The summed E-state index contributed by atoms with van der Waals surface area (Å²) in [6.07, 6.45) is 7.45.